The number of hydrogen-bond acceptors (Lipinski definition) is 5. The van der Waals surface area contributed by atoms with Crippen LogP contribution in [-0.4, -0.2) is 45.8 Å². The Hall–Kier alpha value is -1.89. The molecule has 0 aromatic carbocycles. The zero-order chi connectivity index (χ0) is 25.7. The molecule has 0 saturated heterocycles. The first-order chi connectivity index (χ1) is 15.3. The van der Waals surface area contributed by atoms with Gasteiger partial charge in [-0.25, -0.2) is 4.79 Å². The molecule has 0 heterocycles. The highest BCUT2D eigenvalue weighted by molar-refractivity contribution is 5.64. The largest absolute Gasteiger partial charge is 0.445 e. The monoisotopic (exact) mass is 465 g/mol. The van der Waals surface area contributed by atoms with Crippen LogP contribution in [0.5, 0.6) is 0 Å². The quantitative estimate of drug-likeness (QED) is 0.206. The number of rotatable bonds is 15. The van der Waals surface area contributed by atoms with Crippen molar-refractivity contribution in [3.05, 3.63) is 48.6 Å². The Morgan fingerprint density at radius 3 is 2.09 bits per heavy atom. The minimum absolute atomic E-state index is 0.0832. The van der Waals surface area contributed by atoms with E-state index in [0.29, 0.717) is 12.8 Å². The van der Waals surface area contributed by atoms with Crippen molar-refractivity contribution in [1.29, 1.82) is 0 Å². The number of hydrogen-bond donors (Lipinski definition) is 4. The van der Waals surface area contributed by atoms with Gasteiger partial charge in [-0.2, -0.15) is 0 Å². The molecule has 0 rings (SSSR count). The van der Waals surface area contributed by atoms with Crippen molar-refractivity contribution >= 4 is 6.09 Å². The summed E-state index contributed by atoms with van der Waals surface area (Å²) in [7, 11) is 0. The molecular formula is C27H47NO5. The van der Waals surface area contributed by atoms with Crippen LogP contribution in [0.1, 0.15) is 61.3 Å². The first-order valence-electron chi connectivity index (χ1n) is 12.0. The van der Waals surface area contributed by atoms with E-state index in [4.69, 9.17) is 10.5 Å². The number of nitrogens with two attached hydrogens (primary N) is 1. The Labute approximate surface area is 200 Å². The van der Waals surface area contributed by atoms with Gasteiger partial charge in [0.05, 0.1) is 18.3 Å². The zero-order valence-electron chi connectivity index (χ0n) is 21.5. The molecule has 190 valence electrons. The van der Waals surface area contributed by atoms with Crippen molar-refractivity contribution in [2.45, 2.75) is 85.7 Å². The highest BCUT2D eigenvalue weighted by Crippen LogP contribution is 2.28. The number of amides is 1. The van der Waals surface area contributed by atoms with Gasteiger partial charge in [0.2, 0.25) is 0 Å². The third-order valence-corrected chi connectivity index (χ3v) is 6.28. The second-order valence-corrected chi connectivity index (χ2v) is 9.49. The summed E-state index contributed by atoms with van der Waals surface area (Å²) >= 11 is 0. The van der Waals surface area contributed by atoms with Crippen LogP contribution < -0.4 is 5.73 Å². The number of aliphatic hydroxyl groups is 3. The van der Waals surface area contributed by atoms with Gasteiger partial charge in [0.15, 0.2) is 0 Å². The molecule has 9 atom stereocenters. The number of primary amides is 1. The lowest BCUT2D eigenvalue weighted by atomic mass is 9.81. The third kappa shape index (κ3) is 11.7. The number of ether oxygens (including phenoxy) is 1. The van der Waals surface area contributed by atoms with Crippen molar-refractivity contribution in [1.82, 2.24) is 0 Å². The summed E-state index contributed by atoms with van der Waals surface area (Å²) in [6, 6.07) is 0. The lowest BCUT2D eigenvalue weighted by molar-refractivity contribution is -0.0266. The summed E-state index contributed by atoms with van der Waals surface area (Å²) in [5.74, 6) is -0.736. The highest BCUT2D eigenvalue weighted by Gasteiger charge is 2.33. The molecule has 0 aliphatic carbocycles. The molecule has 6 nitrogen and oxygen atoms in total. The normalized spacial score (nSPS) is 21.1. The molecule has 0 bridgehead atoms. The van der Waals surface area contributed by atoms with Crippen molar-refractivity contribution in [3.63, 3.8) is 0 Å². The van der Waals surface area contributed by atoms with Crippen LogP contribution in [0.4, 0.5) is 4.79 Å². The van der Waals surface area contributed by atoms with Gasteiger partial charge in [-0.05, 0) is 25.7 Å². The van der Waals surface area contributed by atoms with Crippen molar-refractivity contribution in [2.24, 2.45) is 35.3 Å². The van der Waals surface area contributed by atoms with Crippen molar-refractivity contribution in [2.75, 3.05) is 0 Å². The average molecular weight is 466 g/mol. The first-order valence-corrected chi connectivity index (χ1v) is 12.0. The molecule has 9 unspecified atom stereocenters. The smallest absolute Gasteiger partial charge is 0.404 e. The predicted octanol–water partition coefficient (Wildman–Crippen LogP) is 4.76. The van der Waals surface area contributed by atoms with E-state index in [9.17, 15) is 20.1 Å². The summed E-state index contributed by atoms with van der Waals surface area (Å²) in [5.41, 5.74) is 6.34. The van der Waals surface area contributed by atoms with E-state index in [1.165, 1.54) is 0 Å². The van der Waals surface area contributed by atoms with Crippen LogP contribution in [0.2, 0.25) is 0 Å². The third-order valence-electron chi connectivity index (χ3n) is 6.28. The summed E-state index contributed by atoms with van der Waals surface area (Å²) < 4.78 is 5.34. The Morgan fingerprint density at radius 2 is 1.58 bits per heavy atom. The van der Waals surface area contributed by atoms with Gasteiger partial charge in [0.1, 0.15) is 6.10 Å². The SMILES string of the molecule is C=C/C=C\C(C)C(OC(N)=O)C(C)C(O)C(C)C/C(C)=C\C(C)C(O)C(C)/C=C\C(O)CC. The topological polar surface area (TPSA) is 113 Å². The average Bonchev–Trinajstić information content (AvgIpc) is 2.76. The van der Waals surface area contributed by atoms with Crippen LogP contribution in [0, 0.1) is 29.6 Å². The van der Waals surface area contributed by atoms with Gasteiger partial charge in [-0.3, -0.25) is 0 Å². The summed E-state index contributed by atoms with van der Waals surface area (Å²) in [5, 5.41) is 31.3. The Balaban J connectivity index is 5.20. The molecule has 1 amide bonds. The van der Waals surface area contributed by atoms with Crippen molar-refractivity contribution < 1.29 is 24.9 Å². The lowest BCUT2D eigenvalue weighted by Gasteiger charge is -2.33. The second kappa shape index (κ2) is 15.9. The molecule has 0 aliphatic heterocycles. The van der Waals surface area contributed by atoms with Crippen LogP contribution in [0.25, 0.3) is 0 Å². The second-order valence-electron chi connectivity index (χ2n) is 9.49. The molecule has 0 saturated carbocycles. The summed E-state index contributed by atoms with van der Waals surface area (Å²) in [4.78, 5) is 11.4. The summed E-state index contributed by atoms with van der Waals surface area (Å²) in [6.07, 6.45) is 8.99. The van der Waals surface area contributed by atoms with E-state index in [-0.39, 0.29) is 29.6 Å². The van der Waals surface area contributed by atoms with Gasteiger partial charge >= 0.3 is 6.09 Å². The van der Waals surface area contributed by atoms with E-state index >= 15 is 0 Å². The molecular weight excluding hydrogens is 418 g/mol. The number of carbonyl (C=O) groups excluding carboxylic acids is 1. The first kappa shape index (κ1) is 31.1. The standard InChI is InChI=1S/C27H47NO5/c1-9-11-12-19(5)26(33-27(28)32)22(8)25(31)21(7)16-17(3)15-20(6)24(30)18(4)13-14-23(29)10-2/h9,11-15,18-26,29-31H,1,10,16H2,2-8H3,(H2,28,32)/b12-11-,14-13-,17-15-. The van der Waals surface area contributed by atoms with Crippen LogP contribution in [0.15, 0.2) is 48.6 Å². The van der Waals surface area contributed by atoms with E-state index < -0.39 is 30.5 Å². The fourth-order valence-electron chi connectivity index (χ4n) is 4.18. The Bertz CT molecular complexity index is 671. The van der Waals surface area contributed by atoms with Gasteiger partial charge in [0, 0.05) is 23.7 Å². The number of allylic oxidation sites excluding steroid dienone is 3. The molecule has 5 N–H and O–H groups in total. The molecule has 0 fully saturated rings. The maximum atomic E-state index is 11.4. The lowest BCUT2D eigenvalue weighted by Crippen LogP contribution is -2.41. The Kier molecular flexibility index (Phi) is 15.0. The van der Waals surface area contributed by atoms with Crippen LogP contribution in [-0.2, 0) is 4.74 Å². The predicted molar refractivity (Wildman–Crippen MR) is 135 cm³/mol. The van der Waals surface area contributed by atoms with Crippen molar-refractivity contribution in [3.8, 4) is 0 Å². The minimum Gasteiger partial charge on any atom is -0.445 e. The van der Waals surface area contributed by atoms with E-state index in [0.717, 1.165) is 5.57 Å². The summed E-state index contributed by atoms with van der Waals surface area (Å²) in [6.45, 7) is 17.2. The van der Waals surface area contributed by atoms with Gasteiger partial charge < -0.3 is 25.8 Å². The molecule has 0 spiro atoms. The maximum absolute atomic E-state index is 11.4. The highest BCUT2D eigenvalue weighted by atomic mass is 16.6. The van der Waals surface area contributed by atoms with E-state index in [1.807, 2.05) is 66.7 Å². The minimum atomic E-state index is -0.862. The van der Waals surface area contributed by atoms with Crippen LogP contribution in [0.3, 0.4) is 0 Å². The zero-order valence-corrected chi connectivity index (χ0v) is 21.5. The maximum Gasteiger partial charge on any atom is 0.404 e. The van der Waals surface area contributed by atoms with Gasteiger partial charge in [-0.15, -0.1) is 0 Å². The van der Waals surface area contributed by atoms with E-state index in [2.05, 4.69) is 6.58 Å². The molecule has 0 aromatic heterocycles. The fourth-order valence-corrected chi connectivity index (χ4v) is 4.18. The Morgan fingerprint density at radius 1 is 0.970 bits per heavy atom. The van der Waals surface area contributed by atoms with Crippen LogP contribution >= 0.6 is 0 Å². The van der Waals surface area contributed by atoms with Gasteiger partial charge in [0.25, 0.3) is 0 Å². The van der Waals surface area contributed by atoms with E-state index in [1.54, 1.807) is 18.2 Å². The molecule has 6 heteroatoms. The molecule has 33 heavy (non-hydrogen) atoms. The fraction of sp³-hybridized carbons (Fsp3) is 0.667. The van der Waals surface area contributed by atoms with Gasteiger partial charge in [-0.1, -0.05) is 90.2 Å². The molecule has 0 aromatic rings. The molecule has 0 radical (unpaired) electrons. The molecule has 0 aliphatic rings. The number of aliphatic hydroxyl groups excluding tert-OH is 3. The number of carbonyl (C=O) groups is 1.